The normalized spacial score (nSPS) is 10.4. The maximum atomic E-state index is 12.1. The van der Waals surface area contributed by atoms with Gasteiger partial charge in [0, 0.05) is 34.8 Å². The first kappa shape index (κ1) is 16.7. The van der Waals surface area contributed by atoms with E-state index in [0.717, 1.165) is 5.56 Å². The van der Waals surface area contributed by atoms with E-state index in [-0.39, 0.29) is 12.5 Å². The van der Waals surface area contributed by atoms with Gasteiger partial charge in [-0.05, 0) is 37.3 Å². The molecule has 0 radical (unpaired) electrons. The van der Waals surface area contributed by atoms with Crippen molar-refractivity contribution in [1.82, 2.24) is 4.90 Å². The van der Waals surface area contributed by atoms with Gasteiger partial charge in [0.25, 0.3) is 5.91 Å². The molecule has 3 nitrogen and oxygen atoms in total. The van der Waals surface area contributed by atoms with Crippen molar-refractivity contribution in [3.63, 3.8) is 0 Å². The zero-order valence-electron chi connectivity index (χ0n) is 12.5. The van der Waals surface area contributed by atoms with Crippen molar-refractivity contribution in [2.45, 2.75) is 13.5 Å². The number of hydrogen-bond donors (Lipinski definition) is 0. The highest BCUT2D eigenvalue weighted by Gasteiger charge is 2.11. The summed E-state index contributed by atoms with van der Waals surface area (Å²) in [5.41, 5.74) is 1.32. The van der Waals surface area contributed by atoms with Gasteiger partial charge in [-0.3, -0.25) is 4.79 Å². The zero-order valence-corrected chi connectivity index (χ0v) is 14.0. The first-order valence-corrected chi connectivity index (χ1v) is 7.69. The van der Waals surface area contributed by atoms with Gasteiger partial charge in [-0.25, -0.2) is 0 Å². The van der Waals surface area contributed by atoms with Crippen LogP contribution >= 0.6 is 23.2 Å². The summed E-state index contributed by atoms with van der Waals surface area (Å²) < 4.78 is 5.72. The first-order valence-electron chi connectivity index (χ1n) is 6.94. The Morgan fingerprint density at radius 1 is 1.14 bits per heavy atom. The lowest BCUT2D eigenvalue weighted by molar-refractivity contribution is 0.0802. The molecule has 0 aliphatic carbocycles. The monoisotopic (exact) mass is 337 g/mol. The van der Waals surface area contributed by atoms with Crippen LogP contribution in [0.15, 0.2) is 42.5 Å². The highest BCUT2D eigenvalue weighted by Crippen LogP contribution is 2.26. The summed E-state index contributed by atoms with van der Waals surface area (Å²) in [5, 5.41) is 1.12. The summed E-state index contributed by atoms with van der Waals surface area (Å²) >= 11 is 12.2. The molecule has 116 valence electrons. The van der Waals surface area contributed by atoms with E-state index in [1.165, 1.54) is 0 Å². The van der Waals surface area contributed by atoms with Gasteiger partial charge in [-0.1, -0.05) is 35.3 Å². The Balaban J connectivity index is 2.13. The van der Waals surface area contributed by atoms with Crippen molar-refractivity contribution >= 4 is 29.1 Å². The minimum Gasteiger partial charge on any atom is -0.489 e. The van der Waals surface area contributed by atoms with Crippen molar-refractivity contribution in [3.8, 4) is 5.75 Å². The van der Waals surface area contributed by atoms with Crippen LogP contribution in [-0.4, -0.2) is 24.4 Å². The highest BCUT2D eigenvalue weighted by atomic mass is 35.5. The Morgan fingerprint density at radius 3 is 2.41 bits per heavy atom. The van der Waals surface area contributed by atoms with Gasteiger partial charge in [-0.2, -0.15) is 0 Å². The fourth-order valence-electron chi connectivity index (χ4n) is 1.91. The number of ether oxygens (including phenoxy) is 1. The lowest BCUT2D eigenvalue weighted by atomic mass is 10.2. The molecule has 0 saturated carbocycles. The van der Waals surface area contributed by atoms with Crippen molar-refractivity contribution in [2.75, 3.05) is 13.6 Å². The molecule has 22 heavy (non-hydrogen) atoms. The number of carbonyl (C=O) groups excluding carboxylic acids is 1. The Morgan fingerprint density at radius 2 is 1.77 bits per heavy atom. The second kappa shape index (κ2) is 7.52. The lowest BCUT2D eigenvalue weighted by Crippen LogP contribution is -2.26. The largest absolute Gasteiger partial charge is 0.489 e. The molecule has 0 N–H and O–H groups in total. The fraction of sp³-hybridized carbons (Fsp3) is 0.235. The molecule has 0 bridgehead atoms. The SMILES string of the molecule is CCN(C)C(=O)c1cccc(OCc2c(Cl)cccc2Cl)c1. The molecule has 0 aliphatic rings. The van der Waals surface area contributed by atoms with E-state index in [9.17, 15) is 4.79 Å². The lowest BCUT2D eigenvalue weighted by Gasteiger charge is -2.15. The van der Waals surface area contributed by atoms with Crippen molar-refractivity contribution in [3.05, 3.63) is 63.6 Å². The minimum atomic E-state index is -0.0382. The Kier molecular flexibility index (Phi) is 5.69. The third-order valence-electron chi connectivity index (χ3n) is 3.35. The molecule has 0 fully saturated rings. The molecule has 1 amide bonds. The molecule has 0 saturated heterocycles. The number of nitrogens with zero attached hydrogens (tertiary/aromatic N) is 1. The number of halogens is 2. The number of benzene rings is 2. The minimum absolute atomic E-state index is 0.0382. The van der Waals surface area contributed by atoms with Crippen molar-refractivity contribution < 1.29 is 9.53 Å². The van der Waals surface area contributed by atoms with E-state index in [1.54, 1.807) is 54.4 Å². The summed E-state index contributed by atoms with van der Waals surface area (Å²) in [4.78, 5) is 13.8. The van der Waals surface area contributed by atoms with E-state index in [0.29, 0.717) is 27.9 Å². The molecular weight excluding hydrogens is 321 g/mol. The van der Waals surface area contributed by atoms with Crippen molar-refractivity contribution in [1.29, 1.82) is 0 Å². The molecule has 0 spiro atoms. The van der Waals surface area contributed by atoms with Gasteiger partial charge in [0.2, 0.25) is 0 Å². The number of amides is 1. The van der Waals surface area contributed by atoms with Gasteiger partial charge in [-0.15, -0.1) is 0 Å². The summed E-state index contributed by atoms with van der Waals surface area (Å²) in [5.74, 6) is 0.565. The molecule has 2 rings (SSSR count). The number of rotatable bonds is 5. The smallest absolute Gasteiger partial charge is 0.253 e. The number of carbonyl (C=O) groups is 1. The predicted octanol–water partition coefficient (Wildman–Crippen LogP) is 4.66. The van der Waals surface area contributed by atoms with Gasteiger partial charge < -0.3 is 9.64 Å². The fourth-order valence-corrected chi connectivity index (χ4v) is 2.42. The first-order chi connectivity index (χ1) is 10.5. The van der Waals surface area contributed by atoms with E-state index in [2.05, 4.69) is 0 Å². The maximum Gasteiger partial charge on any atom is 0.253 e. The average Bonchev–Trinajstić information content (AvgIpc) is 2.53. The van der Waals surface area contributed by atoms with Crippen LogP contribution in [-0.2, 0) is 6.61 Å². The molecule has 0 unspecified atom stereocenters. The molecule has 2 aromatic rings. The zero-order chi connectivity index (χ0) is 16.1. The summed E-state index contributed by atoms with van der Waals surface area (Å²) in [6.45, 7) is 2.83. The summed E-state index contributed by atoms with van der Waals surface area (Å²) in [6.07, 6.45) is 0. The standard InChI is InChI=1S/C17H17Cl2NO2/c1-3-20(2)17(21)12-6-4-7-13(10-12)22-11-14-15(18)8-5-9-16(14)19/h4-10H,3,11H2,1-2H3. The van der Waals surface area contributed by atoms with Crippen LogP contribution in [0.25, 0.3) is 0 Å². The van der Waals surface area contributed by atoms with E-state index >= 15 is 0 Å². The van der Waals surface area contributed by atoms with E-state index in [1.807, 2.05) is 6.92 Å². The Hall–Kier alpha value is -1.71. The van der Waals surface area contributed by atoms with Crippen molar-refractivity contribution in [2.24, 2.45) is 0 Å². The number of hydrogen-bond acceptors (Lipinski definition) is 2. The molecule has 0 atom stereocenters. The molecule has 0 aromatic heterocycles. The molecular formula is C17H17Cl2NO2. The van der Waals surface area contributed by atoms with Crippen LogP contribution in [0.2, 0.25) is 10.0 Å². The molecule has 0 heterocycles. The second-order valence-electron chi connectivity index (χ2n) is 4.84. The maximum absolute atomic E-state index is 12.1. The summed E-state index contributed by atoms with van der Waals surface area (Å²) in [7, 11) is 1.76. The second-order valence-corrected chi connectivity index (χ2v) is 5.65. The van der Waals surface area contributed by atoms with Gasteiger partial charge in [0.15, 0.2) is 0 Å². The Labute approximate surface area is 140 Å². The third kappa shape index (κ3) is 3.93. The van der Waals surface area contributed by atoms with Crippen LogP contribution in [0.1, 0.15) is 22.8 Å². The van der Waals surface area contributed by atoms with E-state index in [4.69, 9.17) is 27.9 Å². The van der Waals surface area contributed by atoms with Gasteiger partial charge >= 0.3 is 0 Å². The molecule has 2 aromatic carbocycles. The van der Waals surface area contributed by atoms with Crippen LogP contribution < -0.4 is 4.74 Å². The quantitative estimate of drug-likeness (QED) is 0.793. The predicted molar refractivity (Wildman–Crippen MR) is 89.9 cm³/mol. The third-order valence-corrected chi connectivity index (χ3v) is 4.06. The van der Waals surface area contributed by atoms with Crippen LogP contribution in [0.5, 0.6) is 5.75 Å². The average molecular weight is 338 g/mol. The van der Waals surface area contributed by atoms with Crippen LogP contribution in [0.3, 0.4) is 0 Å². The van der Waals surface area contributed by atoms with Crippen LogP contribution in [0, 0.1) is 0 Å². The Bertz CT molecular complexity index is 653. The van der Waals surface area contributed by atoms with Gasteiger partial charge in [0.1, 0.15) is 12.4 Å². The molecule has 0 aliphatic heterocycles. The van der Waals surface area contributed by atoms with Gasteiger partial charge in [0.05, 0.1) is 0 Å². The highest BCUT2D eigenvalue weighted by molar-refractivity contribution is 6.35. The van der Waals surface area contributed by atoms with Crippen LogP contribution in [0.4, 0.5) is 0 Å². The van der Waals surface area contributed by atoms with E-state index < -0.39 is 0 Å². The summed E-state index contributed by atoms with van der Waals surface area (Å²) in [6, 6.07) is 12.4. The molecule has 5 heteroatoms. The topological polar surface area (TPSA) is 29.5 Å².